The van der Waals surface area contributed by atoms with Crippen molar-refractivity contribution in [2.24, 2.45) is 5.73 Å². The normalized spacial score (nSPS) is 11.0. The summed E-state index contributed by atoms with van der Waals surface area (Å²) in [5.74, 6) is 0. The molecule has 3 rings (SSSR count). The van der Waals surface area contributed by atoms with E-state index in [1.54, 1.807) is 6.20 Å². The lowest BCUT2D eigenvalue weighted by Crippen LogP contribution is -2.27. The summed E-state index contributed by atoms with van der Waals surface area (Å²) >= 11 is 0. The van der Waals surface area contributed by atoms with Crippen molar-refractivity contribution < 1.29 is 8.78 Å². The Morgan fingerprint density at radius 2 is 1.96 bits per heavy atom. The lowest BCUT2D eigenvalue weighted by molar-refractivity contribution is 0.400. The molecular formula is C17H19F2N7O. The highest BCUT2D eigenvalue weighted by atomic mass is 19.3. The molecule has 3 aromatic rings. The maximum absolute atomic E-state index is 12.7. The van der Waals surface area contributed by atoms with E-state index >= 15 is 0 Å². The molecular weight excluding hydrogens is 356 g/mol. The quantitative estimate of drug-likeness (QED) is 0.675. The van der Waals surface area contributed by atoms with Crippen LogP contribution in [0.2, 0.25) is 0 Å². The van der Waals surface area contributed by atoms with Crippen molar-refractivity contribution in [3.8, 4) is 11.1 Å². The first-order valence-corrected chi connectivity index (χ1v) is 8.37. The van der Waals surface area contributed by atoms with E-state index in [0.29, 0.717) is 0 Å². The number of aryl methyl sites for hydroxylation is 1. The van der Waals surface area contributed by atoms with Gasteiger partial charge in [0.2, 0.25) is 0 Å². The molecule has 0 aliphatic heterocycles. The third kappa shape index (κ3) is 4.17. The predicted molar refractivity (Wildman–Crippen MR) is 95.0 cm³/mol. The minimum absolute atomic E-state index is 0.175. The fraction of sp³-hybridized carbons (Fsp3) is 0.294. The standard InChI is InChI=1S/C17H19F2N7O/c1-2-24-10-15(8-21-24)13-5-3-4-12(6-13)9-25-17(27)26(23-22-25)11-14(7-20)16(18)19/h3-6,8,10H,2,7,9,11,20H2,1H3. The van der Waals surface area contributed by atoms with E-state index in [0.717, 1.165) is 32.6 Å². The van der Waals surface area contributed by atoms with E-state index in [9.17, 15) is 13.6 Å². The summed E-state index contributed by atoms with van der Waals surface area (Å²) in [5, 5.41) is 11.7. The molecule has 2 aromatic heterocycles. The van der Waals surface area contributed by atoms with E-state index in [1.807, 2.05) is 42.1 Å². The van der Waals surface area contributed by atoms with Gasteiger partial charge in [-0.3, -0.25) is 4.68 Å². The van der Waals surface area contributed by atoms with Gasteiger partial charge in [0.05, 0.1) is 19.3 Å². The van der Waals surface area contributed by atoms with Crippen LogP contribution in [0, 0.1) is 0 Å². The summed E-state index contributed by atoms with van der Waals surface area (Å²) in [6, 6.07) is 7.60. The van der Waals surface area contributed by atoms with Gasteiger partial charge >= 0.3 is 5.69 Å². The maximum Gasteiger partial charge on any atom is 0.364 e. The van der Waals surface area contributed by atoms with Crippen LogP contribution < -0.4 is 11.4 Å². The summed E-state index contributed by atoms with van der Waals surface area (Å²) in [5.41, 5.74) is 7.10. The highest BCUT2D eigenvalue weighted by Gasteiger charge is 2.12. The van der Waals surface area contributed by atoms with E-state index in [2.05, 4.69) is 15.5 Å². The summed E-state index contributed by atoms with van der Waals surface area (Å²) in [7, 11) is 0. The largest absolute Gasteiger partial charge is 0.364 e. The molecule has 0 fully saturated rings. The van der Waals surface area contributed by atoms with Crippen molar-refractivity contribution in [3.63, 3.8) is 0 Å². The van der Waals surface area contributed by atoms with Crippen LogP contribution in [0.1, 0.15) is 12.5 Å². The molecule has 0 spiro atoms. The molecule has 0 aliphatic rings. The zero-order valence-electron chi connectivity index (χ0n) is 14.7. The second-order valence-electron chi connectivity index (χ2n) is 5.93. The van der Waals surface area contributed by atoms with Gasteiger partial charge in [-0.25, -0.2) is 4.79 Å². The topological polar surface area (TPSA) is 96.5 Å². The van der Waals surface area contributed by atoms with Gasteiger partial charge in [-0.1, -0.05) is 18.2 Å². The first kappa shape index (κ1) is 18.6. The third-order valence-corrected chi connectivity index (χ3v) is 4.10. The van der Waals surface area contributed by atoms with Crippen molar-refractivity contribution in [2.75, 3.05) is 6.54 Å². The Morgan fingerprint density at radius 3 is 2.63 bits per heavy atom. The summed E-state index contributed by atoms with van der Waals surface area (Å²) in [6.45, 7) is 2.22. The second kappa shape index (κ2) is 8.04. The molecule has 0 radical (unpaired) electrons. The van der Waals surface area contributed by atoms with Gasteiger partial charge in [-0.2, -0.15) is 23.2 Å². The molecule has 8 nitrogen and oxygen atoms in total. The number of tetrazole rings is 1. The maximum atomic E-state index is 12.7. The highest BCUT2D eigenvalue weighted by Crippen LogP contribution is 2.20. The second-order valence-corrected chi connectivity index (χ2v) is 5.93. The average Bonchev–Trinajstić information content (AvgIpc) is 3.28. The Kier molecular flexibility index (Phi) is 5.55. The SMILES string of the molecule is CCn1cc(-c2cccc(Cn3nnn(CC(CN)=C(F)F)c3=O)c2)cn1. The Morgan fingerprint density at radius 1 is 1.19 bits per heavy atom. The minimum Gasteiger partial charge on any atom is -0.327 e. The van der Waals surface area contributed by atoms with Crippen LogP contribution >= 0.6 is 0 Å². The van der Waals surface area contributed by atoms with Gasteiger partial charge in [0.25, 0.3) is 6.08 Å². The number of nitrogens with two attached hydrogens (primary N) is 1. The van der Waals surface area contributed by atoms with Crippen molar-refractivity contribution in [1.29, 1.82) is 0 Å². The summed E-state index contributed by atoms with van der Waals surface area (Å²) < 4.78 is 29.3. The monoisotopic (exact) mass is 375 g/mol. The number of halogens is 2. The van der Waals surface area contributed by atoms with Crippen LogP contribution in [0.5, 0.6) is 0 Å². The van der Waals surface area contributed by atoms with E-state index in [4.69, 9.17) is 5.73 Å². The Bertz CT molecular complexity index is 1010. The third-order valence-electron chi connectivity index (χ3n) is 4.10. The molecule has 0 saturated heterocycles. The fourth-order valence-electron chi connectivity index (χ4n) is 2.59. The van der Waals surface area contributed by atoms with Gasteiger partial charge in [-0.05, 0) is 34.5 Å². The zero-order valence-corrected chi connectivity index (χ0v) is 14.7. The molecule has 0 saturated carbocycles. The van der Waals surface area contributed by atoms with Crippen molar-refractivity contribution in [2.45, 2.75) is 26.6 Å². The first-order chi connectivity index (χ1) is 13.0. The molecule has 1 aromatic carbocycles. The molecule has 142 valence electrons. The van der Waals surface area contributed by atoms with E-state index in [1.165, 1.54) is 0 Å². The molecule has 0 bridgehead atoms. The fourth-order valence-corrected chi connectivity index (χ4v) is 2.59. The van der Waals surface area contributed by atoms with Crippen molar-refractivity contribution >= 4 is 0 Å². The molecule has 0 unspecified atom stereocenters. The number of rotatable bonds is 7. The van der Waals surface area contributed by atoms with Crippen LogP contribution in [0.3, 0.4) is 0 Å². The number of aromatic nitrogens is 6. The highest BCUT2D eigenvalue weighted by molar-refractivity contribution is 5.62. The Hall–Kier alpha value is -3.14. The molecule has 27 heavy (non-hydrogen) atoms. The van der Waals surface area contributed by atoms with Crippen LogP contribution in [-0.4, -0.2) is 36.1 Å². The van der Waals surface area contributed by atoms with Crippen LogP contribution in [0.25, 0.3) is 11.1 Å². The van der Waals surface area contributed by atoms with Gasteiger partial charge in [0.15, 0.2) is 0 Å². The van der Waals surface area contributed by atoms with Gasteiger partial charge in [0, 0.05) is 30.4 Å². The summed E-state index contributed by atoms with van der Waals surface area (Å²) in [6.07, 6.45) is 1.81. The molecule has 2 N–H and O–H groups in total. The Balaban J connectivity index is 1.81. The number of hydrogen-bond acceptors (Lipinski definition) is 5. The van der Waals surface area contributed by atoms with Gasteiger partial charge in [-0.15, -0.1) is 0 Å². The van der Waals surface area contributed by atoms with E-state index < -0.39 is 11.8 Å². The van der Waals surface area contributed by atoms with Gasteiger partial charge < -0.3 is 5.73 Å². The molecule has 0 amide bonds. The smallest absolute Gasteiger partial charge is 0.327 e. The predicted octanol–water partition coefficient (Wildman–Crippen LogP) is 1.48. The molecule has 0 atom stereocenters. The average molecular weight is 375 g/mol. The van der Waals surface area contributed by atoms with Crippen molar-refractivity contribution in [1.82, 2.24) is 29.6 Å². The first-order valence-electron chi connectivity index (χ1n) is 8.37. The van der Waals surface area contributed by atoms with Gasteiger partial charge in [0.1, 0.15) is 0 Å². The number of hydrogen-bond donors (Lipinski definition) is 1. The number of benzene rings is 1. The van der Waals surface area contributed by atoms with Crippen LogP contribution in [0.15, 0.2) is 53.1 Å². The van der Waals surface area contributed by atoms with E-state index in [-0.39, 0.29) is 25.2 Å². The lowest BCUT2D eigenvalue weighted by Gasteiger charge is -2.03. The van der Waals surface area contributed by atoms with Crippen LogP contribution in [0.4, 0.5) is 8.78 Å². The van der Waals surface area contributed by atoms with Crippen molar-refractivity contribution in [3.05, 3.63) is 64.4 Å². The molecule has 0 aliphatic carbocycles. The zero-order chi connectivity index (χ0) is 19.4. The molecule has 2 heterocycles. The minimum atomic E-state index is -1.90. The van der Waals surface area contributed by atoms with Crippen LogP contribution in [-0.2, 0) is 19.6 Å². The molecule has 10 heteroatoms. The summed E-state index contributed by atoms with van der Waals surface area (Å²) in [4.78, 5) is 12.3. The number of nitrogens with zero attached hydrogens (tertiary/aromatic N) is 6. The Labute approximate surface area is 153 Å². The lowest BCUT2D eigenvalue weighted by atomic mass is 10.1.